The molecular formula is C14H26N2O3. The number of hydrogen-bond acceptors (Lipinski definition) is 2. The summed E-state index contributed by atoms with van der Waals surface area (Å²) in [5, 5.41) is 11.8. The van der Waals surface area contributed by atoms with E-state index in [1.54, 1.807) is 18.7 Å². The van der Waals surface area contributed by atoms with Gasteiger partial charge in [0.2, 0.25) is 0 Å². The molecule has 0 radical (unpaired) electrons. The third-order valence-electron chi connectivity index (χ3n) is 4.33. The number of carbonyl (C=O) groups excluding carboxylic acids is 1. The van der Waals surface area contributed by atoms with Crippen LogP contribution in [0.4, 0.5) is 4.79 Å². The van der Waals surface area contributed by atoms with E-state index in [-0.39, 0.29) is 6.03 Å². The summed E-state index contributed by atoms with van der Waals surface area (Å²) < 4.78 is 0. The van der Waals surface area contributed by atoms with Gasteiger partial charge in [0, 0.05) is 13.1 Å². The van der Waals surface area contributed by atoms with Gasteiger partial charge in [0.25, 0.3) is 0 Å². The van der Waals surface area contributed by atoms with Gasteiger partial charge in [-0.2, -0.15) is 0 Å². The van der Waals surface area contributed by atoms with Crippen molar-refractivity contribution in [2.24, 2.45) is 11.8 Å². The molecule has 2 N–H and O–H groups in total. The van der Waals surface area contributed by atoms with Crippen LogP contribution in [0.5, 0.6) is 0 Å². The van der Waals surface area contributed by atoms with Crippen LogP contribution in [0.25, 0.3) is 0 Å². The Labute approximate surface area is 115 Å². The largest absolute Gasteiger partial charge is 0.480 e. The van der Waals surface area contributed by atoms with Crippen molar-refractivity contribution in [3.63, 3.8) is 0 Å². The predicted octanol–water partition coefficient (Wildman–Crippen LogP) is 2.32. The number of amides is 2. The van der Waals surface area contributed by atoms with Crippen molar-refractivity contribution in [2.75, 3.05) is 13.1 Å². The van der Waals surface area contributed by atoms with Crippen LogP contribution in [-0.4, -0.2) is 40.6 Å². The molecule has 2 amide bonds. The van der Waals surface area contributed by atoms with Gasteiger partial charge in [-0.05, 0) is 38.0 Å². The molecule has 1 saturated heterocycles. The molecule has 1 atom stereocenters. The van der Waals surface area contributed by atoms with Crippen LogP contribution >= 0.6 is 0 Å². The highest BCUT2D eigenvalue weighted by molar-refractivity contribution is 5.85. The van der Waals surface area contributed by atoms with Gasteiger partial charge in [0.05, 0.1) is 0 Å². The van der Waals surface area contributed by atoms with Gasteiger partial charge < -0.3 is 15.3 Å². The Hall–Kier alpha value is -1.26. The SMILES string of the molecule is CCC(C)(NC(=O)N1CCC(C(C)C)CC1)C(=O)O. The number of nitrogens with one attached hydrogen (secondary N) is 1. The van der Waals surface area contributed by atoms with Gasteiger partial charge in [-0.1, -0.05) is 20.8 Å². The van der Waals surface area contributed by atoms with Crippen LogP contribution in [0, 0.1) is 11.8 Å². The monoisotopic (exact) mass is 270 g/mol. The Morgan fingerprint density at radius 1 is 1.37 bits per heavy atom. The standard InChI is InChI=1S/C14H26N2O3/c1-5-14(4,12(17)18)15-13(19)16-8-6-11(7-9-16)10(2)3/h10-11H,5-9H2,1-4H3,(H,15,19)(H,17,18). The minimum Gasteiger partial charge on any atom is -0.480 e. The summed E-state index contributed by atoms with van der Waals surface area (Å²) in [6, 6.07) is -0.256. The molecule has 1 aliphatic heterocycles. The fourth-order valence-electron chi connectivity index (χ4n) is 2.38. The van der Waals surface area contributed by atoms with Gasteiger partial charge in [-0.3, -0.25) is 0 Å². The first-order chi connectivity index (χ1) is 8.80. The fourth-order valence-corrected chi connectivity index (χ4v) is 2.38. The molecule has 1 unspecified atom stereocenters. The Morgan fingerprint density at radius 2 is 1.89 bits per heavy atom. The molecule has 110 valence electrons. The molecule has 5 nitrogen and oxygen atoms in total. The topological polar surface area (TPSA) is 69.6 Å². The zero-order valence-corrected chi connectivity index (χ0v) is 12.4. The highest BCUT2D eigenvalue weighted by atomic mass is 16.4. The minimum atomic E-state index is -1.17. The highest BCUT2D eigenvalue weighted by Crippen LogP contribution is 2.24. The van der Waals surface area contributed by atoms with Gasteiger partial charge in [-0.15, -0.1) is 0 Å². The molecule has 1 heterocycles. The molecule has 0 aromatic heterocycles. The molecule has 1 rings (SSSR count). The number of aliphatic carboxylic acids is 1. The first-order valence-electron chi connectivity index (χ1n) is 7.10. The van der Waals surface area contributed by atoms with Gasteiger partial charge in [-0.25, -0.2) is 9.59 Å². The Bertz CT molecular complexity index is 336. The maximum absolute atomic E-state index is 12.1. The summed E-state index contributed by atoms with van der Waals surface area (Å²) in [6.45, 7) is 9.16. The van der Waals surface area contributed by atoms with E-state index in [2.05, 4.69) is 19.2 Å². The van der Waals surface area contributed by atoms with Gasteiger partial charge >= 0.3 is 12.0 Å². The van der Waals surface area contributed by atoms with Crippen molar-refractivity contribution in [2.45, 2.75) is 52.5 Å². The van der Waals surface area contributed by atoms with Crippen LogP contribution in [-0.2, 0) is 4.79 Å². The minimum absolute atomic E-state index is 0.256. The number of likely N-dealkylation sites (tertiary alicyclic amines) is 1. The van der Waals surface area contributed by atoms with Crippen molar-refractivity contribution in [3.05, 3.63) is 0 Å². The molecule has 1 fully saturated rings. The van der Waals surface area contributed by atoms with Crippen LogP contribution in [0.2, 0.25) is 0 Å². The molecule has 0 bridgehead atoms. The second-order valence-corrected chi connectivity index (χ2v) is 5.99. The lowest BCUT2D eigenvalue weighted by molar-refractivity contribution is -0.143. The van der Waals surface area contributed by atoms with E-state index in [0.29, 0.717) is 31.3 Å². The highest BCUT2D eigenvalue weighted by Gasteiger charge is 2.35. The number of piperidine rings is 1. The average molecular weight is 270 g/mol. The van der Waals surface area contributed by atoms with E-state index in [1.807, 2.05) is 0 Å². The second-order valence-electron chi connectivity index (χ2n) is 5.99. The lowest BCUT2D eigenvalue weighted by atomic mass is 9.87. The van der Waals surface area contributed by atoms with E-state index in [0.717, 1.165) is 12.8 Å². The van der Waals surface area contributed by atoms with Crippen molar-refractivity contribution in [1.82, 2.24) is 10.2 Å². The van der Waals surface area contributed by atoms with Crippen molar-refractivity contribution < 1.29 is 14.7 Å². The lowest BCUT2D eigenvalue weighted by Crippen LogP contribution is -2.56. The van der Waals surface area contributed by atoms with Crippen LogP contribution < -0.4 is 5.32 Å². The number of carboxylic acids is 1. The third kappa shape index (κ3) is 3.85. The summed E-state index contributed by atoms with van der Waals surface area (Å²) in [7, 11) is 0. The molecule has 0 aliphatic carbocycles. The predicted molar refractivity (Wildman–Crippen MR) is 74.0 cm³/mol. The quantitative estimate of drug-likeness (QED) is 0.823. The average Bonchev–Trinajstić information content (AvgIpc) is 2.38. The molecule has 0 aromatic rings. The van der Waals surface area contributed by atoms with Gasteiger partial charge in [0.1, 0.15) is 5.54 Å². The normalized spacial score (nSPS) is 20.2. The van der Waals surface area contributed by atoms with E-state index in [9.17, 15) is 9.59 Å². The number of urea groups is 1. The Morgan fingerprint density at radius 3 is 2.26 bits per heavy atom. The summed E-state index contributed by atoms with van der Waals surface area (Å²) in [5.41, 5.74) is -1.17. The molecule has 19 heavy (non-hydrogen) atoms. The Kier molecular flexibility index (Phi) is 5.20. The maximum atomic E-state index is 12.1. The molecular weight excluding hydrogens is 244 g/mol. The zero-order valence-electron chi connectivity index (χ0n) is 12.4. The molecule has 5 heteroatoms. The third-order valence-corrected chi connectivity index (χ3v) is 4.33. The van der Waals surface area contributed by atoms with Crippen LogP contribution in [0.3, 0.4) is 0 Å². The lowest BCUT2D eigenvalue weighted by Gasteiger charge is -2.36. The van der Waals surface area contributed by atoms with Crippen LogP contribution in [0.15, 0.2) is 0 Å². The summed E-state index contributed by atoms with van der Waals surface area (Å²) >= 11 is 0. The first-order valence-corrected chi connectivity index (χ1v) is 7.10. The number of nitrogens with zero attached hydrogens (tertiary/aromatic N) is 1. The van der Waals surface area contributed by atoms with Crippen LogP contribution in [0.1, 0.15) is 47.0 Å². The summed E-state index contributed by atoms with van der Waals surface area (Å²) in [6.07, 6.45) is 2.37. The molecule has 0 aromatic carbocycles. The van der Waals surface area contributed by atoms with E-state index in [4.69, 9.17) is 5.11 Å². The van der Waals surface area contributed by atoms with Crippen molar-refractivity contribution in [1.29, 1.82) is 0 Å². The summed E-state index contributed by atoms with van der Waals surface area (Å²) in [4.78, 5) is 25.0. The second kappa shape index (κ2) is 6.26. The zero-order chi connectivity index (χ0) is 14.6. The smallest absolute Gasteiger partial charge is 0.329 e. The number of rotatable bonds is 4. The molecule has 0 spiro atoms. The summed E-state index contributed by atoms with van der Waals surface area (Å²) in [5.74, 6) is 0.326. The first kappa shape index (κ1) is 15.8. The number of carbonyl (C=O) groups is 2. The number of hydrogen-bond donors (Lipinski definition) is 2. The molecule has 1 aliphatic rings. The van der Waals surface area contributed by atoms with E-state index >= 15 is 0 Å². The number of carboxylic acid groups (broad SMARTS) is 1. The van der Waals surface area contributed by atoms with Crippen molar-refractivity contribution in [3.8, 4) is 0 Å². The Balaban J connectivity index is 2.54. The van der Waals surface area contributed by atoms with Gasteiger partial charge in [0.15, 0.2) is 0 Å². The maximum Gasteiger partial charge on any atom is 0.329 e. The van der Waals surface area contributed by atoms with Crippen molar-refractivity contribution >= 4 is 12.0 Å². The molecule has 0 saturated carbocycles. The van der Waals surface area contributed by atoms with E-state index in [1.165, 1.54) is 0 Å². The van der Waals surface area contributed by atoms with E-state index < -0.39 is 11.5 Å². The fraction of sp³-hybridized carbons (Fsp3) is 0.857.